The molecule has 0 aromatic heterocycles. The van der Waals surface area contributed by atoms with Gasteiger partial charge in [0.1, 0.15) is 0 Å². The van der Waals surface area contributed by atoms with Crippen molar-refractivity contribution in [2.45, 2.75) is 105 Å². The number of rotatable bonds is 10. The van der Waals surface area contributed by atoms with Crippen molar-refractivity contribution < 1.29 is 0 Å². The quantitative estimate of drug-likeness (QED) is 0.339. The molecule has 0 spiro atoms. The van der Waals surface area contributed by atoms with Gasteiger partial charge in [-0.05, 0) is 94.7 Å². The third kappa shape index (κ3) is 3.93. The molecule has 0 heteroatoms. The normalized spacial score (nSPS) is 12.3. The van der Waals surface area contributed by atoms with Crippen LogP contribution >= 0.6 is 0 Å². The van der Waals surface area contributed by atoms with E-state index in [0.717, 1.165) is 6.42 Å². The van der Waals surface area contributed by atoms with Crippen LogP contribution < -0.4 is 0 Å². The van der Waals surface area contributed by atoms with E-state index in [1.165, 1.54) is 75.3 Å². The van der Waals surface area contributed by atoms with Crippen molar-refractivity contribution >= 4 is 0 Å². The van der Waals surface area contributed by atoms with Gasteiger partial charge in [0.2, 0.25) is 0 Å². The van der Waals surface area contributed by atoms with Crippen LogP contribution in [0.1, 0.15) is 106 Å². The van der Waals surface area contributed by atoms with Crippen molar-refractivity contribution in [3.63, 3.8) is 0 Å². The minimum absolute atomic E-state index is 1.09. The van der Waals surface area contributed by atoms with Gasteiger partial charge in [0, 0.05) is 0 Å². The molecule has 3 rings (SSSR count). The zero-order chi connectivity index (χ0) is 20.1. The van der Waals surface area contributed by atoms with Gasteiger partial charge in [-0.2, -0.15) is 0 Å². The molecule has 0 aliphatic heterocycles. The van der Waals surface area contributed by atoms with Crippen molar-refractivity contribution in [2.24, 2.45) is 0 Å². The van der Waals surface area contributed by atoms with Crippen LogP contribution in [-0.4, -0.2) is 0 Å². The molecule has 1 aliphatic rings. The Hall–Kier alpha value is -1.56. The Kier molecular flexibility index (Phi) is 7.38. The molecule has 0 fully saturated rings. The lowest BCUT2D eigenvalue weighted by Gasteiger charge is -2.21. The van der Waals surface area contributed by atoms with Crippen LogP contribution in [-0.2, 0) is 38.5 Å². The Labute approximate surface area is 173 Å². The monoisotopic (exact) mass is 375 g/mol. The van der Waals surface area contributed by atoms with Gasteiger partial charge in [-0.15, -0.1) is 0 Å². The lowest BCUT2D eigenvalue weighted by atomic mass is 9.83. The zero-order valence-electron chi connectivity index (χ0n) is 18.9. The summed E-state index contributed by atoms with van der Waals surface area (Å²) in [6.45, 7) is 11.6. The third-order valence-corrected chi connectivity index (χ3v) is 6.27. The van der Waals surface area contributed by atoms with E-state index in [1.54, 1.807) is 38.9 Å². The maximum atomic E-state index is 3.95. The predicted molar refractivity (Wildman–Crippen MR) is 123 cm³/mol. The van der Waals surface area contributed by atoms with Gasteiger partial charge in [0.05, 0.1) is 0 Å². The van der Waals surface area contributed by atoms with Crippen LogP contribution in [0.5, 0.6) is 0 Å². The summed E-state index contributed by atoms with van der Waals surface area (Å²) in [6.07, 6.45) is 13.2. The second kappa shape index (κ2) is 9.77. The fourth-order valence-corrected chi connectivity index (χ4v) is 5.24. The molecule has 0 heterocycles. The highest BCUT2D eigenvalue weighted by Crippen LogP contribution is 2.45. The van der Waals surface area contributed by atoms with Gasteiger partial charge in [0.15, 0.2) is 0 Å². The molecule has 2 aromatic rings. The lowest BCUT2D eigenvalue weighted by molar-refractivity contribution is 0.823. The second-order valence-electron chi connectivity index (χ2n) is 8.58. The summed E-state index contributed by atoms with van der Waals surface area (Å²) in [5.74, 6) is 0. The summed E-state index contributed by atoms with van der Waals surface area (Å²) in [6, 6.07) is 8.81. The van der Waals surface area contributed by atoms with Crippen LogP contribution in [0.4, 0.5) is 0 Å². The Morgan fingerprint density at radius 2 is 1.25 bits per heavy atom. The van der Waals surface area contributed by atoms with Gasteiger partial charge in [-0.1, -0.05) is 78.9 Å². The van der Waals surface area contributed by atoms with Crippen molar-refractivity contribution in [3.05, 3.63) is 57.1 Å². The minimum Gasteiger partial charge on any atom is -0.0651 e. The Bertz CT molecular complexity index is 810. The van der Waals surface area contributed by atoms with Gasteiger partial charge >= 0.3 is 0 Å². The van der Waals surface area contributed by atoms with Crippen molar-refractivity contribution in [2.75, 3.05) is 0 Å². The van der Waals surface area contributed by atoms with E-state index >= 15 is 0 Å². The first-order valence-electron chi connectivity index (χ1n) is 11.9. The first-order chi connectivity index (χ1) is 13.7. The van der Waals surface area contributed by atoms with E-state index in [-0.39, 0.29) is 0 Å². The molecular formula is C28H39. The van der Waals surface area contributed by atoms with Crippen LogP contribution in [0, 0.1) is 6.07 Å². The van der Waals surface area contributed by atoms with E-state index in [4.69, 9.17) is 0 Å². The second-order valence-corrected chi connectivity index (χ2v) is 8.58. The molecule has 0 amide bonds. The summed E-state index contributed by atoms with van der Waals surface area (Å²) >= 11 is 0. The third-order valence-electron chi connectivity index (χ3n) is 6.27. The maximum Gasteiger partial charge on any atom is -0.000696 e. The topological polar surface area (TPSA) is 0 Å². The number of benzene rings is 2. The van der Waals surface area contributed by atoms with E-state index < -0.39 is 0 Å². The highest BCUT2D eigenvalue weighted by Gasteiger charge is 2.28. The van der Waals surface area contributed by atoms with Crippen molar-refractivity contribution in [1.82, 2.24) is 0 Å². The average molecular weight is 376 g/mol. The fraction of sp³-hybridized carbons (Fsp3) is 0.571. The molecule has 0 saturated heterocycles. The fourth-order valence-electron chi connectivity index (χ4n) is 5.24. The summed E-state index contributed by atoms with van der Waals surface area (Å²) in [4.78, 5) is 0. The Morgan fingerprint density at radius 3 is 1.89 bits per heavy atom. The van der Waals surface area contributed by atoms with E-state index in [2.05, 4.69) is 52.8 Å². The minimum atomic E-state index is 1.09. The van der Waals surface area contributed by atoms with Crippen LogP contribution in [0.25, 0.3) is 11.1 Å². The molecule has 0 nitrogen and oxygen atoms in total. The SMILES string of the molecule is CCCc1[c]c2c(c(CCC)c1CCC)-c1c(ccc(CCC)c1CCC)C2. The van der Waals surface area contributed by atoms with Crippen LogP contribution in [0.2, 0.25) is 0 Å². The van der Waals surface area contributed by atoms with Crippen molar-refractivity contribution in [1.29, 1.82) is 0 Å². The summed E-state index contributed by atoms with van der Waals surface area (Å²) in [7, 11) is 0. The molecular weight excluding hydrogens is 336 g/mol. The van der Waals surface area contributed by atoms with Crippen molar-refractivity contribution in [3.8, 4) is 11.1 Å². The van der Waals surface area contributed by atoms with E-state index in [9.17, 15) is 0 Å². The molecule has 0 bridgehead atoms. The van der Waals surface area contributed by atoms with Crippen LogP contribution in [0.3, 0.4) is 0 Å². The zero-order valence-corrected chi connectivity index (χ0v) is 18.9. The predicted octanol–water partition coefficient (Wildman–Crippen LogP) is 7.82. The Morgan fingerprint density at radius 1 is 0.643 bits per heavy atom. The molecule has 0 unspecified atom stereocenters. The molecule has 1 aliphatic carbocycles. The smallest absolute Gasteiger partial charge is 0.000696 e. The molecule has 0 saturated carbocycles. The first-order valence-corrected chi connectivity index (χ1v) is 11.9. The molecule has 0 atom stereocenters. The summed E-state index contributed by atoms with van der Waals surface area (Å²) in [5.41, 5.74) is 14.3. The standard InChI is InChI=1S/C28H39/c1-6-11-20-16-17-22-19-23-18-21(12-7-2)24(13-8-3)26(15-10-5)28(23)27(22)25(20)14-9-4/h16-17H,6-15,19H2,1-5H3. The molecule has 0 N–H and O–H groups in total. The molecule has 151 valence electrons. The van der Waals surface area contributed by atoms with E-state index in [1.807, 2.05) is 0 Å². The number of aryl methyl sites for hydroxylation is 2. The lowest BCUT2D eigenvalue weighted by Crippen LogP contribution is -2.06. The number of fused-ring (bicyclic) bond motifs is 3. The van der Waals surface area contributed by atoms with Gasteiger partial charge in [-0.3, -0.25) is 0 Å². The first kappa shape index (κ1) is 21.2. The molecule has 28 heavy (non-hydrogen) atoms. The highest BCUT2D eigenvalue weighted by atomic mass is 14.3. The van der Waals surface area contributed by atoms with Gasteiger partial charge < -0.3 is 0 Å². The van der Waals surface area contributed by atoms with Crippen LogP contribution in [0.15, 0.2) is 12.1 Å². The highest BCUT2D eigenvalue weighted by molar-refractivity contribution is 5.84. The summed E-state index contributed by atoms with van der Waals surface area (Å²) in [5, 5.41) is 0. The number of hydrogen-bond donors (Lipinski definition) is 0. The molecule has 1 radical (unpaired) electrons. The summed E-state index contributed by atoms with van der Waals surface area (Å²) < 4.78 is 0. The maximum absolute atomic E-state index is 3.95. The average Bonchev–Trinajstić information content (AvgIpc) is 3.05. The molecule has 2 aromatic carbocycles. The van der Waals surface area contributed by atoms with Gasteiger partial charge in [-0.25, -0.2) is 0 Å². The van der Waals surface area contributed by atoms with E-state index in [0.29, 0.717) is 0 Å². The largest absolute Gasteiger partial charge is 0.0651 e. The Balaban J connectivity index is 2.29. The van der Waals surface area contributed by atoms with Gasteiger partial charge in [0.25, 0.3) is 0 Å². The number of hydrogen-bond acceptors (Lipinski definition) is 0.